The SMILES string of the molecule is CCc1c(I)nn2c1CN[C@@H]1COC[C@@H]12. The number of hydrogen-bond acceptors (Lipinski definition) is 3. The molecule has 1 saturated heterocycles. The molecule has 0 spiro atoms. The molecule has 0 aliphatic carbocycles. The van der Waals surface area contributed by atoms with Gasteiger partial charge in [0.15, 0.2) is 0 Å². The van der Waals surface area contributed by atoms with Gasteiger partial charge in [-0.3, -0.25) is 4.68 Å². The lowest BCUT2D eigenvalue weighted by Crippen LogP contribution is -2.42. The van der Waals surface area contributed by atoms with Crippen LogP contribution in [0.5, 0.6) is 0 Å². The van der Waals surface area contributed by atoms with E-state index < -0.39 is 0 Å². The van der Waals surface area contributed by atoms with Crippen LogP contribution >= 0.6 is 22.6 Å². The Morgan fingerprint density at radius 3 is 3.27 bits per heavy atom. The van der Waals surface area contributed by atoms with E-state index in [1.165, 1.54) is 11.3 Å². The maximum atomic E-state index is 5.51. The van der Waals surface area contributed by atoms with Crippen molar-refractivity contribution in [2.45, 2.75) is 32.0 Å². The van der Waals surface area contributed by atoms with Gasteiger partial charge in [-0.2, -0.15) is 5.10 Å². The van der Waals surface area contributed by atoms with Gasteiger partial charge in [-0.05, 0) is 29.0 Å². The van der Waals surface area contributed by atoms with Crippen molar-refractivity contribution in [1.29, 1.82) is 0 Å². The highest BCUT2D eigenvalue weighted by Gasteiger charge is 2.36. The molecule has 4 nitrogen and oxygen atoms in total. The number of aromatic nitrogens is 2. The summed E-state index contributed by atoms with van der Waals surface area (Å²) in [6.07, 6.45) is 1.06. The van der Waals surface area contributed by atoms with Gasteiger partial charge >= 0.3 is 0 Å². The molecule has 1 aromatic rings. The third-order valence-corrected chi connectivity index (χ3v) is 4.19. The van der Waals surface area contributed by atoms with E-state index in [9.17, 15) is 0 Å². The van der Waals surface area contributed by atoms with Crippen LogP contribution in [0.4, 0.5) is 0 Å². The molecule has 1 N–H and O–H groups in total. The van der Waals surface area contributed by atoms with Gasteiger partial charge in [0, 0.05) is 12.1 Å². The molecule has 2 aliphatic rings. The van der Waals surface area contributed by atoms with Gasteiger partial charge in [0.25, 0.3) is 0 Å². The first kappa shape index (κ1) is 10.0. The first-order valence-electron chi connectivity index (χ1n) is 5.38. The van der Waals surface area contributed by atoms with Crippen LogP contribution < -0.4 is 5.32 Å². The third kappa shape index (κ3) is 1.43. The van der Waals surface area contributed by atoms with Crippen molar-refractivity contribution in [2.24, 2.45) is 0 Å². The molecule has 2 atom stereocenters. The van der Waals surface area contributed by atoms with Gasteiger partial charge in [-0.1, -0.05) is 6.92 Å². The van der Waals surface area contributed by atoms with E-state index in [4.69, 9.17) is 4.74 Å². The number of fused-ring (bicyclic) bond motifs is 3. The third-order valence-electron chi connectivity index (χ3n) is 3.32. The number of ether oxygens (including phenoxy) is 1. The van der Waals surface area contributed by atoms with Crippen LogP contribution in [0, 0.1) is 3.70 Å². The number of rotatable bonds is 1. The number of nitrogens with zero attached hydrogens (tertiary/aromatic N) is 2. The van der Waals surface area contributed by atoms with E-state index in [1.807, 2.05) is 0 Å². The van der Waals surface area contributed by atoms with Crippen molar-refractivity contribution in [3.05, 3.63) is 15.0 Å². The highest BCUT2D eigenvalue weighted by atomic mass is 127. The zero-order chi connectivity index (χ0) is 10.4. The van der Waals surface area contributed by atoms with E-state index in [0.717, 1.165) is 29.9 Å². The molecule has 1 fully saturated rings. The second-order valence-corrected chi connectivity index (χ2v) is 5.13. The summed E-state index contributed by atoms with van der Waals surface area (Å²) in [5.74, 6) is 0. The second kappa shape index (κ2) is 3.71. The molecule has 0 radical (unpaired) electrons. The first-order chi connectivity index (χ1) is 7.31. The molecule has 15 heavy (non-hydrogen) atoms. The predicted octanol–water partition coefficient (Wildman–Crippen LogP) is 1.09. The standard InChI is InChI=1S/C10H14IN3O/c1-2-6-8-3-12-7-4-15-5-9(7)14(8)13-10(6)11/h7,9,12H,2-5H2,1H3/t7-,9+/m1/s1. The van der Waals surface area contributed by atoms with Crippen molar-refractivity contribution < 1.29 is 4.74 Å². The van der Waals surface area contributed by atoms with E-state index in [1.54, 1.807) is 0 Å². The lowest BCUT2D eigenvalue weighted by Gasteiger charge is -2.27. The Morgan fingerprint density at radius 2 is 2.47 bits per heavy atom. The molecule has 0 saturated carbocycles. The zero-order valence-electron chi connectivity index (χ0n) is 8.66. The summed E-state index contributed by atoms with van der Waals surface area (Å²) >= 11 is 2.33. The Kier molecular flexibility index (Phi) is 2.48. The average Bonchev–Trinajstić information content (AvgIpc) is 2.79. The Balaban J connectivity index is 2.07. The Morgan fingerprint density at radius 1 is 1.60 bits per heavy atom. The molecule has 0 amide bonds. The average molecular weight is 319 g/mol. The van der Waals surface area contributed by atoms with Crippen LogP contribution in [-0.4, -0.2) is 29.0 Å². The van der Waals surface area contributed by atoms with E-state index in [-0.39, 0.29) is 0 Å². The van der Waals surface area contributed by atoms with Crippen LogP contribution in [0.25, 0.3) is 0 Å². The molecule has 0 unspecified atom stereocenters. The van der Waals surface area contributed by atoms with Crippen molar-refractivity contribution in [2.75, 3.05) is 13.2 Å². The predicted molar refractivity (Wildman–Crippen MR) is 64.8 cm³/mol. The molecule has 3 heterocycles. The molecular weight excluding hydrogens is 305 g/mol. The molecule has 82 valence electrons. The molecule has 5 heteroatoms. The molecule has 3 rings (SSSR count). The molecular formula is C10H14IN3O. The zero-order valence-corrected chi connectivity index (χ0v) is 10.8. The monoisotopic (exact) mass is 319 g/mol. The molecule has 1 aromatic heterocycles. The summed E-state index contributed by atoms with van der Waals surface area (Å²) in [6.45, 7) is 4.74. The van der Waals surface area contributed by atoms with Crippen LogP contribution in [0.15, 0.2) is 0 Å². The summed E-state index contributed by atoms with van der Waals surface area (Å²) in [5.41, 5.74) is 2.75. The number of nitrogens with one attached hydrogen (secondary N) is 1. The minimum Gasteiger partial charge on any atom is -0.377 e. The van der Waals surface area contributed by atoms with Crippen molar-refractivity contribution >= 4 is 22.6 Å². The maximum absolute atomic E-state index is 5.51. The fraction of sp³-hybridized carbons (Fsp3) is 0.700. The first-order valence-corrected chi connectivity index (χ1v) is 6.46. The molecule has 0 bridgehead atoms. The maximum Gasteiger partial charge on any atom is 0.126 e. The summed E-state index contributed by atoms with van der Waals surface area (Å²) in [7, 11) is 0. The van der Waals surface area contributed by atoms with E-state index >= 15 is 0 Å². The van der Waals surface area contributed by atoms with Crippen molar-refractivity contribution in [3.63, 3.8) is 0 Å². The largest absolute Gasteiger partial charge is 0.377 e. The van der Waals surface area contributed by atoms with Gasteiger partial charge in [0.1, 0.15) is 3.70 Å². The Labute approximate surface area is 103 Å². The summed E-state index contributed by atoms with van der Waals surface area (Å²) in [5, 5.41) is 8.18. The summed E-state index contributed by atoms with van der Waals surface area (Å²) in [4.78, 5) is 0. The summed E-state index contributed by atoms with van der Waals surface area (Å²) in [6, 6.07) is 0.862. The Hall–Kier alpha value is -0.140. The molecule has 2 aliphatic heterocycles. The Bertz CT molecular complexity index is 390. The fourth-order valence-electron chi connectivity index (χ4n) is 2.49. The molecule has 0 aromatic carbocycles. The van der Waals surface area contributed by atoms with Crippen LogP contribution in [0.3, 0.4) is 0 Å². The van der Waals surface area contributed by atoms with Gasteiger partial charge < -0.3 is 10.1 Å². The van der Waals surface area contributed by atoms with Crippen LogP contribution in [0.1, 0.15) is 24.2 Å². The van der Waals surface area contributed by atoms with Gasteiger partial charge in [-0.25, -0.2) is 0 Å². The lowest BCUT2D eigenvalue weighted by atomic mass is 10.1. The van der Waals surface area contributed by atoms with Gasteiger partial charge in [0.2, 0.25) is 0 Å². The quantitative estimate of drug-likeness (QED) is 0.788. The normalized spacial score (nSPS) is 28.9. The summed E-state index contributed by atoms with van der Waals surface area (Å²) < 4.78 is 8.85. The minimum atomic E-state index is 0.405. The van der Waals surface area contributed by atoms with E-state index in [2.05, 4.69) is 44.6 Å². The van der Waals surface area contributed by atoms with E-state index in [0.29, 0.717) is 12.1 Å². The minimum absolute atomic E-state index is 0.405. The number of halogens is 1. The van der Waals surface area contributed by atoms with Gasteiger partial charge in [-0.15, -0.1) is 0 Å². The topological polar surface area (TPSA) is 39.1 Å². The lowest BCUT2D eigenvalue weighted by molar-refractivity contribution is 0.183. The highest BCUT2D eigenvalue weighted by molar-refractivity contribution is 14.1. The smallest absolute Gasteiger partial charge is 0.126 e. The second-order valence-electron chi connectivity index (χ2n) is 4.11. The van der Waals surface area contributed by atoms with Crippen LogP contribution in [-0.2, 0) is 17.7 Å². The van der Waals surface area contributed by atoms with Crippen molar-refractivity contribution in [3.8, 4) is 0 Å². The fourth-order valence-corrected chi connectivity index (χ4v) is 3.42. The van der Waals surface area contributed by atoms with Crippen LogP contribution in [0.2, 0.25) is 0 Å². The highest BCUT2D eigenvalue weighted by Crippen LogP contribution is 2.29. The number of hydrogen-bond donors (Lipinski definition) is 1. The van der Waals surface area contributed by atoms with Gasteiger partial charge in [0.05, 0.1) is 31.0 Å². The van der Waals surface area contributed by atoms with Crippen molar-refractivity contribution in [1.82, 2.24) is 15.1 Å².